The van der Waals surface area contributed by atoms with E-state index in [0.29, 0.717) is 23.8 Å². The Balaban J connectivity index is 1.86. The van der Waals surface area contributed by atoms with E-state index in [9.17, 15) is 24.8 Å². The third-order valence-corrected chi connectivity index (χ3v) is 6.50. The van der Waals surface area contributed by atoms with Crippen molar-refractivity contribution in [2.75, 3.05) is 11.9 Å². The first-order chi connectivity index (χ1) is 15.3. The van der Waals surface area contributed by atoms with Crippen LogP contribution in [0.3, 0.4) is 0 Å². The van der Waals surface area contributed by atoms with Gasteiger partial charge in [0.2, 0.25) is 5.91 Å². The number of aliphatic carboxylic acids is 1. The Kier molecular flexibility index (Phi) is 7.70. The van der Waals surface area contributed by atoms with Crippen LogP contribution in [0.2, 0.25) is 0 Å². The molecule has 1 amide bonds. The summed E-state index contributed by atoms with van der Waals surface area (Å²) in [4.78, 5) is 41.3. The normalized spacial score (nSPS) is 19.2. The Morgan fingerprint density at radius 3 is 2.66 bits per heavy atom. The van der Waals surface area contributed by atoms with Gasteiger partial charge < -0.3 is 10.4 Å². The highest BCUT2D eigenvalue weighted by Gasteiger charge is 2.35. The predicted octanol–water partition coefficient (Wildman–Crippen LogP) is 4.26. The average molecular weight is 459 g/mol. The number of anilines is 1. The molecule has 2 heterocycles. The summed E-state index contributed by atoms with van der Waals surface area (Å²) >= 11 is 1.37. The molecule has 0 bridgehead atoms. The van der Waals surface area contributed by atoms with Crippen molar-refractivity contribution in [3.8, 4) is 0 Å². The van der Waals surface area contributed by atoms with Crippen molar-refractivity contribution in [1.29, 1.82) is 0 Å². The number of hydrogen-bond donors (Lipinski definition) is 2. The number of amides is 1. The van der Waals surface area contributed by atoms with Gasteiger partial charge in [-0.15, -0.1) is 0 Å². The number of nitrogens with one attached hydrogen (secondary N) is 1. The first kappa shape index (κ1) is 23.6. The van der Waals surface area contributed by atoms with E-state index in [1.165, 1.54) is 30.4 Å². The van der Waals surface area contributed by atoms with Crippen molar-refractivity contribution in [3.63, 3.8) is 0 Å². The molecule has 32 heavy (non-hydrogen) atoms. The van der Waals surface area contributed by atoms with Gasteiger partial charge in [0.15, 0.2) is 5.13 Å². The molecule has 1 aromatic carbocycles. The zero-order valence-electron chi connectivity index (χ0n) is 18.0. The number of carbonyl (C=O) groups excluding carboxylic acids is 1. The molecule has 1 saturated heterocycles. The Bertz CT molecular complexity index is 1020. The third kappa shape index (κ3) is 5.77. The number of benzene rings is 1. The fraction of sp³-hybridized carbons (Fsp3) is 0.409. The SMILES string of the molecule is CCC1[C@H](C(=O)O)CCCN1Cc1sc(NC(C)=O)nc1C=Cc1ccc([N+](=O)[O-])cc1. The monoisotopic (exact) mass is 458 g/mol. The summed E-state index contributed by atoms with van der Waals surface area (Å²) in [5.74, 6) is -1.37. The molecule has 0 radical (unpaired) electrons. The van der Waals surface area contributed by atoms with Gasteiger partial charge in [-0.1, -0.05) is 24.3 Å². The van der Waals surface area contributed by atoms with Crippen LogP contribution in [0.1, 0.15) is 49.2 Å². The van der Waals surface area contributed by atoms with E-state index in [0.717, 1.165) is 29.8 Å². The van der Waals surface area contributed by atoms with E-state index in [4.69, 9.17) is 0 Å². The second-order valence-corrected chi connectivity index (χ2v) is 8.81. The Hall–Kier alpha value is -3.11. The van der Waals surface area contributed by atoms with E-state index >= 15 is 0 Å². The molecule has 2 N–H and O–H groups in total. The van der Waals surface area contributed by atoms with Gasteiger partial charge in [-0.3, -0.25) is 24.6 Å². The number of hydrogen-bond acceptors (Lipinski definition) is 7. The van der Waals surface area contributed by atoms with E-state index in [1.807, 2.05) is 19.1 Å². The smallest absolute Gasteiger partial charge is 0.308 e. The quantitative estimate of drug-likeness (QED) is 0.447. The summed E-state index contributed by atoms with van der Waals surface area (Å²) in [7, 11) is 0. The van der Waals surface area contributed by atoms with Gasteiger partial charge in [0.05, 0.1) is 16.5 Å². The van der Waals surface area contributed by atoms with Crippen LogP contribution in [0.4, 0.5) is 10.8 Å². The minimum atomic E-state index is -0.761. The highest BCUT2D eigenvalue weighted by atomic mass is 32.1. The van der Waals surface area contributed by atoms with Crippen molar-refractivity contribution < 1.29 is 19.6 Å². The summed E-state index contributed by atoms with van der Waals surface area (Å²) in [6, 6.07) is 6.14. The number of carboxylic acid groups (broad SMARTS) is 1. The number of piperidine rings is 1. The highest BCUT2D eigenvalue weighted by Crippen LogP contribution is 2.32. The molecule has 1 fully saturated rings. The number of nitrogens with zero attached hydrogens (tertiary/aromatic N) is 3. The van der Waals surface area contributed by atoms with E-state index < -0.39 is 16.8 Å². The summed E-state index contributed by atoms with van der Waals surface area (Å²) in [6.07, 6.45) is 5.86. The molecule has 2 aromatic rings. The molecule has 1 aliphatic rings. The zero-order chi connectivity index (χ0) is 23.3. The van der Waals surface area contributed by atoms with Crippen molar-refractivity contribution in [3.05, 3.63) is 50.5 Å². The molecule has 0 aliphatic carbocycles. The summed E-state index contributed by atoms with van der Waals surface area (Å²) in [5, 5.41) is 23.6. The predicted molar refractivity (Wildman–Crippen MR) is 123 cm³/mol. The second-order valence-electron chi connectivity index (χ2n) is 7.72. The highest BCUT2D eigenvalue weighted by molar-refractivity contribution is 7.16. The molecule has 3 rings (SSSR count). The van der Waals surface area contributed by atoms with Crippen molar-refractivity contribution in [2.24, 2.45) is 5.92 Å². The number of non-ortho nitro benzene ring substituents is 1. The first-order valence-electron chi connectivity index (χ1n) is 10.4. The summed E-state index contributed by atoms with van der Waals surface area (Å²) in [6.45, 7) is 4.77. The molecule has 2 atom stereocenters. The number of nitro groups is 1. The number of rotatable bonds is 8. The number of thiazole rings is 1. The van der Waals surface area contributed by atoms with Gasteiger partial charge in [0.25, 0.3) is 5.69 Å². The van der Waals surface area contributed by atoms with Crippen molar-refractivity contribution >= 4 is 46.2 Å². The van der Waals surface area contributed by atoms with Crippen LogP contribution in [0, 0.1) is 16.0 Å². The molecule has 10 heteroatoms. The molecule has 0 spiro atoms. The van der Waals surface area contributed by atoms with Gasteiger partial charge in [-0.05, 0) is 49.6 Å². The first-order valence-corrected chi connectivity index (χ1v) is 11.3. The summed E-state index contributed by atoms with van der Waals surface area (Å²) in [5.41, 5.74) is 1.49. The summed E-state index contributed by atoms with van der Waals surface area (Å²) < 4.78 is 0. The lowest BCUT2D eigenvalue weighted by molar-refractivity contribution is -0.384. The van der Waals surface area contributed by atoms with E-state index in [2.05, 4.69) is 15.2 Å². The number of nitro benzene ring substituents is 1. The maximum atomic E-state index is 11.7. The van der Waals surface area contributed by atoms with Crippen LogP contribution in [0.25, 0.3) is 12.2 Å². The van der Waals surface area contributed by atoms with Crippen molar-refractivity contribution in [2.45, 2.75) is 45.7 Å². The zero-order valence-corrected chi connectivity index (χ0v) is 18.8. The van der Waals surface area contributed by atoms with Gasteiger partial charge in [0.1, 0.15) is 0 Å². The molecule has 1 aromatic heterocycles. The number of aromatic nitrogens is 1. The van der Waals surface area contributed by atoms with E-state index in [1.54, 1.807) is 12.1 Å². The van der Waals surface area contributed by atoms with Crippen LogP contribution < -0.4 is 5.32 Å². The number of carboxylic acids is 1. The van der Waals surface area contributed by atoms with Crippen LogP contribution in [0.5, 0.6) is 0 Å². The Labute approximate surface area is 189 Å². The minimum Gasteiger partial charge on any atom is -0.481 e. The molecule has 9 nitrogen and oxygen atoms in total. The molecular formula is C22H26N4O5S. The molecule has 1 unspecified atom stereocenters. The Morgan fingerprint density at radius 2 is 2.06 bits per heavy atom. The number of carbonyl (C=O) groups is 2. The fourth-order valence-corrected chi connectivity index (χ4v) is 5.05. The lowest BCUT2D eigenvalue weighted by Crippen LogP contribution is -2.47. The maximum absolute atomic E-state index is 11.7. The van der Waals surface area contributed by atoms with Crippen LogP contribution >= 0.6 is 11.3 Å². The van der Waals surface area contributed by atoms with Gasteiger partial charge in [-0.2, -0.15) is 0 Å². The minimum absolute atomic E-state index is 0.0214. The van der Waals surface area contributed by atoms with Gasteiger partial charge in [0, 0.05) is 36.5 Å². The average Bonchev–Trinajstić information content (AvgIpc) is 3.12. The van der Waals surface area contributed by atoms with Crippen LogP contribution in [-0.4, -0.2) is 44.4 Å². The second kappa shape index (κ2) is 10.5. The van der Waals surface area contributed by atoms with Crippen molar-refractivity contribution in [1.82, 2.24) is 9.88 Å². The maximum Gasteiger partial charge on any atom is 0.308 e. The van der Waals surface area contributed by atoms with Crippen LogP contribution in [0.15, 0.2) is 24.3 Å². The lowest BCUT2D eigenvalue weighted by Gasteiger charge is -2.39. The van der Waals surface area contributed by atoms with Crippen LogP contribution in [-0.2, 0) is 16.1 Å². The third-order valence-electron chi connectivity index (χ3n) is 5.52. The fourth-order valence-electron chi connectivity index (χ4n) is 4.03. The van der Waals surface area contributed by atoms with Gasteiger partial charge >= 0.3 is 5.97 Å². The Morgan fingerprint density at radius 1 is 1.34 bits per heavy atom. The number of likely N-dealkylation sites (tertiary alicyclic amines) is 1. The molecule has 170 valence electrons. The standard InChI is InChI=1S/C22H26N4O5S/c1-3-19-17(21(28)29)5-4-12-25(19)13-20-18(24-22(32-20)23-14(2)27)11-8-15-6-9-16(10-7-15)26(30)31/h6-11,17,19H,3-5,12-13H2,1-2H3,(H,28,29)(H,23,24,27)/t17-,19?/m1/s1. The van der Waals surface area contributed by atoms with E-state index in [-0.39, 0.29) is 17.6 Å². The largest absolute Gasteiger partial charge is 0.481 e. The lowest BCUT2D eigenvalue weighted by atomic mass is 9.87. The molecule has 1 aliphatic heterocycles. The molecular weight excluding hydrogens is 432 g/mol. The molecule has 0 saturated carbocycles. The topological polar surface area (TPSA) is 126 Å². The van der Waals surface area contributed by atoms with Gasteiger partial charge in [-0.25, -0.2) is 4.98 Å².